The number of unbranched alkanes of at least 4 members (excludes halogenated alkanes) is 27. The third-order valence-corrected chi connectivity index (χ3v) is 15.0. The van der Waals surface area contributed by atoms with Gasteiger partial charge in [-0.25, -0.2) is 9.13 Å². The van der Waals surface area contributed by atoms with E-state index in [1.54, 1.807) is 0 Å². The maximum absolute atomic E-state index is 12.9. The van der Waals surface area contributed by atoms with Gasteiger partial charge >= 0.3 is 39.5 Å². The smallest absolute Gasteiger partial charge is 0.462 e. The fourth-order valence-corrected chi connectivity index (χ4v) is 9.71. The van der Waals surface area contributed by atoms with Crippen molar-refractivity contribution < 1.29 is 80.2 Å². The Bertz CT molecular complexity index is 1490. The molecule has 0 saturated carbocycles. The molecule has 0 aromatic carbocycles. The molecule has 75 heavy (non-hydrogen) atoms. The van der Waals surface area contributed by atoms with E-state index in [0.717, 1.165) is 102 Å². The van der Waals surface area contributed by atoms with Gasteiger partial charge in [0.05, 0.1) is 26.4 Å². The Morgan fingerprint density at radius 3 is 0.947 bits per heavy atom. The summed E-state index contributed by atoms with van der Waals surface area (Å²) in [6.07, 6.45) is 31.4. The number of ether oxygens (including phenoxy) is 4. The van der Waals surface area contributed by atoms with Gasteiger partial charge in [0.25, 0.3) is 0 Å². The van der Waals surface area contributed by atoms with E-state index < -0.39 is 97.5 Å². The highest BCUT2D eigenvalue weighted by atomic mass is 31.2. The highest BCUT2D eigenvalue weighted by Crippen LogP contribution is 2.45. The zero-order chi connectivity index (χ0) is 55.7. The van der Waals surface area contributed by atoms with Crippen LogP contribution in [0.1, 0.15) is 272 Å². The third-order valence-electron chi connectivity index (χ3n) is 13.1. The number of phosphoric acid groups is 2. The number of carbonyl (C=O) groups excluding carboxylic acids is 4. The summed E-state index contributed by atoms with van der Waals surface area (Å²) >= 11 is 0. The van der Waals surface area contributed by atoms with Crippen molar-refractivity contribution in [2.45, 2.75) is 291 Å². The lowest BCUT2D eigenvalue weighted by Crippen LogP contribution is -2.30. The summed E-state index contributed by atoms with van der Waals surface area (Å²) in [5.41, 5.74) is 0. The summed E-state index contributed by atoms with van der Waals surface area (Å²) in [4.78, 5) is 71.3. The maximum Gasteiger partial charge on any atom is 0.472 e. The quantitative estimate of drug-likeness (QED) is 0.0222. The van der Waals surface area contributed by atoms with Gasteiger partial charge in [0.15, 0.2) is 12.2 Å². The summed E-state index contributed by atoms with van der Waals surface area (Å²) in [7, 11) is -9.85. The molecule has 0 amide bonds. The Morgan fingerprint density at radius 1 is 0.373 bits per heavy atom. The summed E-state index contributed by atoms with van der Waals surface area (Å²) in [5.74, 6) is -1.36. The Labute approximate surface area is 454 Å². The number of aliphatic hydroxyl groups is 1. The SMILES string of the molecule is CCCCCCCCCCCCCC(=O)OC[C@H](COP(=O)(O)OC[C@@H](O)COP(=O)(O)OC[C@@H](COC(=O)CCCCCCC)OC(=O)CCCCCCC)OC(=O)CCCCCCCCCCCCC(C)CC. The number of aliphatic hydroxyl groups excluding tert-OH is 1. The number of phosphoric ester groups is 2. The molecular formula is C56H108O17P2. The molecule has 0 saturated heterocycles. The summed E-state index contributed by atoms with van der Waals surface area (Å²) in [6.45, 7) is 6.97. The van der Waals surface area contributed by atoms with Gasteiger partial charge in [-0.15, -0.1) is 0 Å². The second-order valence-electron chi connectivity index (χ2n) is 20.6. The lowest BCUT2D eigenvalue weighted by molar-refractivity contribution is -0.161. The van der Waals surface area contributed by atoms with Crippen LogP contribution in [0.3, 0.4) is 0 Å². The Morgan fingerprint density at radius 2 is 0.640 bits per heavy atom. The van der Waals surface area contributed by atoms with Gasteiger partial charge in [-0.3, -0.25) is 37.3 Å². The fourth-order valence-electron chi connectivity index (χ4n) is 8.14. The Kier molecular flexibility index (Phi) is 49.0. The number of hydrogen-bond donors (Lipinski definition) is 3. The molecule has 17 nitrogen and oxygen atoms in total. The van der Waals surface area contributed by atoms with Crippen LogP contribution in [0, 0.1) is 5.92 Å². The van der Waals surface area contributed by atoms with Crippen LogP contribution in [0.25, 0.3) is 0 Å². The topological polar surface area (TPSA) is 237 Å². The minimum absolute atomic E-state index is 0.0987. The third kappa shape index (κ3) is 50.1. The first-order valence-electron chi connectivity index (χ1n) is 29.7. The van der Waals surface area contributed by atoms with Gasteiger partial charge in [-0.05, 0) is 31.6 Å². The first-order chi connectivity index (χ1) is 36.1. The van der Waals surface area contributed by atoms with Gasteiger partial charge in [0.1, 0.15) is 19.3 Å². The van der Waals surface area contributed by atoms with Crippen molar-refractivity contribution in [2.24, 2.45) is 5.92 Å². The Balaban J connectivity index is 5.14. The first kappa shape index (κ1) is 73.1. The van der Waals surface area contributed by atoms with E-state index in [-0.39, 0.29) is 25.7 Å². The number of carbonyl (C=O) groups is 4. The standard InChI is InChI=1S/C56H108O17P2/c1-6-10-13-16-17-18-19-23-26-31-35-40-54(59)67-46-52(73-56(61)42-37-32-27-24-21-20-22-25-30-33-38-49(5)9-4)48-71-75(64,65)69-44-50(57)43-68-74(62,63)70-47-51(72-55(60)41-36-29-15-12-8-3)45-66-53(58)39-34-28-14-11-7-2/h49-52,57H,6-48H2,1-5H3,(H,62,63)(H,64,65)/t49?,50-,51+,52+/m0/s1. The van der Waals surface area contributed by atoms with E-state index >= 15 is 0 Å². The normalized spacial score (nSPS) is 14.8. The largest absolute Gasteiger partial charge is 0.472 e. The summed E-state index contributed by atoms with van der Waals surface area (Å²) < 4.78 is 67.2. The van der Waals surface area contributed by atoms with Crippen LogP contribution in [-0.4, -0.2) is 96.7 Å². The van der Waals surface area contributed by atoms with Gasteiger partial charge < -0.3 is 33.8 Å². The van der Waals surface area contributed by atoms with Crippen LogP contribution in [-0.2, 0) is 65.4 Å². The molecule has 0 aliphatic carbocycles. The van der Waals surface area contributed by atoms with Gasteiger partial charge in [0.2, 0.25) is 0 Å². The van der Waals surface area contributed by atoms with Crippen molar-refractivity contribution in [1.82, 2.24) is 0 Å². The van der Waals surface area contributed by atoms with Crippen LogP contribution in [0.15, 0.2) is 0 Å². The first-order valence-corrected chi connectivity index (χ1v) is 32.7. The molecule has 0 radical (unpaired) electrons. The molecule has 0 aliphatic rings. The van der Waals surface area contributed by atoms with Crippen LogP contribution >= 0.6 is 15.6 Å². The molecule has 0 spiro atoms. The Hall–Kier alpha value is -1.94. The number of esters is 4. The number of rotatable bonds is 56. The second-order valence-corrected chi connectivity index (χ2v) is 23.5. The van der Waals surface area contributed by atoms with Crippen molar-refractivity contribution >= 4 is 39.5 Å². The van der Waals surface area contributed by atoms with Crippen molar-refractivity contribution in [3.05, 3.63) is 0 Å². The van der Waals surface area contributed by atoms with E-state index in [4.69, 9.17) is 37.0 Å². The van der Waals surface area contributed by atoms with E-state index in [1.807, 2.05) is 0 Å². The van der Waals surface area contributed by atoms with E-state index in [1.165, 1.54) is 89.9 Å². The van der Waals surface area contributed by atoms with Gasteiger partial charge in [0, 0.05) is 25.7 Å². The molecule has 3 unspecified atom stereocenters. The lowest BCUT2D eigenvalue weighted by Gasteiger charge is -2.21. The molecule has 0 aliphatic heterocycles. The molecule has 444 valence electrons. The predicted octanol–water partition coefficient (Wildman–Crippen LogP) is 14.7. The highest BCUT2D eigenvalue weighted by Gasteiger charge is 2.30. The van der Waals surface area contributed by atoms with E-state index in [2.05, 4.69) is 34.6 Å². The van der Waals surface area contributed by atoms with Crippen molar-refractivity contribution in [2.75, 3.05) is 39.6 Å². The molecule has 0 fully saturated rings. The van der Waals surface area contributed by atoms with Crippen molar-refractivity contribution in [3.8, 4) is 0 Å². The maximum atomic E-state index is 12.9. The highest BCUT2D eigenvalue weighted by molar-refractivity contribution is 7.47. The van der Waals surface area contributed by atoms with Crippen molar-refractivity contribution in [1.29, 1.82) is 0 Å². The molecule has 19 heteroatoms. The zero-order valence-corrected chi connectivity index (χ0v) is 49.5. The molecule has 0 bridgehead atoms. The zero-order valence-electron chi connectivity index (χ0n) is 47.7. The molecule has 0 rings (SSSR count). The van der Waals surface area contributed by atoms with Crippen LogP contribution in [0.2, 0.25) is 0 Å². The van der Waals surface area contributed by atoms with E-state index in [9.17, 15) is 43.2 Å². The molecule has 3 N–H and O–H groups in total. The van der Waals surface area contributed by atoms with Crippen LogP contribution in [0.4, 0.5) is 0 Å². The monoisotopic (exact) mass is 1110 g/mol. The van der Waals surface area contributed by atoms with E-state index in [0.29, 0.717) is 25.7 Å². The molecule has 0 aromatic rings. The minimum Gasteiger partial charge on any atom is -0.462 e. The predicted molar refractivity (Wildman–Crippen MR) is 294 cm³/mol. The van der Waals surface area contributed by atoms with Crippen LogP contribution < -0.4 is 0 Å². The second kappa shape index (κ2) is 50.3. The fraction of sp³-hybridized carbons (Fsp3) is 0.929. The minimum atomic E-state index is -4.93. The van der Waals surface area contributed by atoms with Gasteiger partial charge in [-0.2, -0.15) is 0 Å². The number of hydrogen-bond acceptors (Lipinski definition) is 15. The molecule has 0 heterocycles. The summed E-state index contributed by atoms with van der Waals surface area (Å²) in [6, 6.07) is 0. The average Bonchev–Trinajstić information content (AvgIpc) is 3.38. The molecule has 0 aromatic heterocycles. The average molecular weight is 1120 g/mol. The molecule has 6 atom stereocenters. The van der Waals surface area contributed by atoms with Crippen molar-refractivity contribution in [3.63, 3.8) is 0 Å². The van der Waals surface area contributed by atoms with Crippen LogP contribution in [0.5, 0.6) is 0 Å². The lowest BCUT2D eigenvalue weighted by atomic mass is 9.99. The molecular weight excluding hydrogens is 1010 g/mol. The summed E-state index contributed by atoms with van der Waals surface area (Å²) in [5, 5.41) is 10.4. The van der Waals surface area contributed by atoms with Gasteiger partial charge in [-0.1, -0.05) is 221 Å².